The zero-order valence-corrected chi connectivity index (χ0v) is 13.3. The average Bonchev–Trinajstić information content (AvgIpc) is 2.53. The lowest BCUT2D eigenvalue weighted by molar-refractivity contribution is -0.385. The van der Waals surface area contributed by atoms with Gasteiger partial charge in [-0.1, -0.05) is 0 Å². The molecule has 1 amide bonds. The predicted molar refractivity (Wildman–Crippen MR) is 86.0 cm³/mol. The van der Waals surface area contributed by atoms with Crippen LogP contribution in [0.5, 0.6) is 0 Å². The number of piperidine rings is 1. The molecule has 1 aliphatic heterocycles. The van der Waals surface area contributed by atoms with Gasteiger partial charge in [0.05, 0.1) is 4.92 Å². The molecule has 1 aromatic carbocycles. The van der Waals surface area contributed by atoms with Crippen LogP contribution in [0.4, 0.5) is 11.4 Å². The van der Waals surface area contributed by atoms with Gasteiger partial charge < -0.3 is 10.2 Å². The van der Waals surface area contributed by atoms with E-state index in [-0.39, 0.29) is 29.1 Å². The summed E-state index contributed by atoms with van der Waals surface area (Å²) in [7, 11) is 0. The Morgan fingerprint density at radius 3 is 2.61 bits per heavy atom. The van der Waals surface area contributed by atoms with Gasteiger partial charge in [-0.2, -0.15) is 5.26 Å². The van der Waals surface area contributed by atoms with Crippen LogP contribution in [0.1, 0.15) is 32.3 Å². The molecular weight excluding hydrogens is 296 g/mol. The highest BCUT2D eigenvalue weighted by Gasteiger charge is 2.26. The minimum Gasteiger partial charge on any atom is -0.371 e. The summed E-state index contributed by atoms with van der Waals surface area (Å²) in [6, 6.07) is 6.58. The maximum atomic E-state index is 12.0. The van der Waals surface area contributed by atoms with Gasteiger partial charge in [0.1, 0.15) is 11.6 Å². The van der Waals surface area contributed by atoms with Gasteiger partial charge in [0.15, 0.2) is 0 Å². The molecule has 0 aliphatic carbocycles. The van der Waals surface area contributed by atoms with Crippen molar-refractivity contribution in [3.05, 3.63) is 33.9 Å². The van der Waals surface area contributed by atoms with Gasteiger partial charge in [-0.05, 0) is 38.8 Å². The third kappa shape index (κ3) is 3.97. The van der Waals surface area contributed by atoms with Crippen molar-refractivity contribution in [2.45, 2.75) is 32.7 Å². The zero-order chi connectivity index (χ0) is 17.0. The van der Waals surface area contributed by atoms with Gasteiger partial charge in [0, 0.05) is 36.8 Å². The maximum Gasteiger partial charge on any atom is 0.287 e. The summed E-state index contributed by atoms with van der Waals surface area (Å²) >= 11 is 0. The van der Waals surface area contributed by atoms with Crippen LogP contribution >= 0.6 is 0 Å². The van der Waals surface area contributed by atoms with Gasteiger partial charge in [0.2, 0.25) is 5.91 Å². The van der Waals surface area contributed by atoms with Crippen LogP contribution in [0.2, 0.25) is 0 Å². The van der Waals surface area contributed by atoms with Crippen molar-refractivity contribution in [1.29, 1.82) is 5.26 Å². The van der Waals surface area contributed by atoms with Crippen LogP contribution in [0.15, 0.2) is 18.2 Å². The van der Waals surface area contributed by atoms with Crippen LogP contribution in [0.25, 0.3) is 0 Å². The molecule has 0 saturated carbocycles. The van der Waals surface area contributed by atoms with Crippen molar-refractivity contribution in [1.82, 2.24) is 5.32 Å². The van der Waals surface area contributed by atoms with Gasteiger partial charge in [-0.15, -0.1) is 0 Å². The summed E-state index contributed by atoms with van der Waals surface area (Å²) in [6.45, 7) is 5.26. The van der Waals surface area contributed by atoms with Crippen molar-refractivity contribution in [2.24, 2.45) is 5.92 Å². The standard InChI is InChI=1S/C16H20N4O3/c1-11(2)18-16(21)12-5-7-19(8-6-12)14-3-4-15(20(22)23)13(9-14)10-17/h3-4,9,11-12H,5-8H2,1-2H3,(H,18,21). The van der Waals surface area contributed by atoms with E-state index in [9.17, 15) is 14.9 Å². The predicted octanol–water partition coefficient (Wildman–Crippen LogP) is 2.21. The fourth-order valence-electron chi connectivity index (χ4n) is 2.77. The Balaban J connectivity index is 2.04. The number of anilines is 1. The number of rotatable bonds is 4. The van der Waals surface area contributed by atoms with E-state index in [1.165, 1.54) is 6.07 Å². The minimum absolute atomic E-state index is 0.00198. The smallest absolute Gasteiger partial charge is 0.287 e. The normalized spacial score (nSPS) is 15.3. The summed E-state index contributed by atoms with van der Waals surface area (Å²) in [5.41, 5.74) is 0.671. The molecule has 0 radical (unpaired) electrons. The van der Waals surface area contributed by atoms with Gasteiger partial charge >= 0.3 is 0 Å². The summed E-state index contributed by atoms with van der Waals surface area (Å²) < 4.78 is 0. The topological polar surface area (TPSA) is 99.3 Å². The molecule has 1 saturated heterocycles. The van der Waals surface area contributed by atoms with Gasteiger partial charge in [-0.3, -0.25) is 14.9 Å². The molecule has 0 atom stereocenters. The van der Waals surface area contributed by atoms with E-state index in [1.54, 1.807) is 12.1 Å². The lowest BCUT2D eigenvalue weighted by Crippen LogP contribution is -2.42. The number of benzene rings is 1. The molecule has 1 aliphatic rings. The molecule has 23 heavy (non-hydrogen) atoms. The molecular formula is C16H20N4O3. The second-order valence-corrected chi connectivity index (χ2v) is 5.99. The fourth-order valence-corrected chi connectivity index (χ4v) is 2.77. The molecule has 122 valence electrons. The Morgan fingerprint density at radius 1 is 1.43 bits per heavy atom. The van der Waals surface area contributed by atoms with Crippen molar-refractivity contribution in [2.75, 3.05) is 18.0 Å². The first kappa shape index (κ1) is 16.7. The van der Waals surface area contributed by atoms with Crippen molar-refractivity contribution in [3.8, 4) is 6.07 Å². The third-order valence-corrected chi connectivity index (χ3v) is 3.96. The molecule has 1 heterocycles. The molecule has 0 spiro atoms. The first-order valence-electron chi connectivity index (χ1n) is 7.66. The number of hydrogen-bond donors (Lipinski definition) is 1. The maximum absolute atomic E-state index is 12.0. The fraction of sp³-hybridized carbons (Fsp3) is 0.500. The van der Waals surface area contributed by atoms with E-state index in [0.29, 0.717) is 13.1 Å². The Bertz CT molecular complexity index is 643. The molecule has 2 rings (SSSR count). The van der Waals surface area contributed by atoms with E-state index >= 15 is 0 Å². The minimum atomic E-state index is -0.551. The van der Waals surface area contributed by atoms with Crippen LogP contribution in [-0.2, 0) is 4.79 Å². The van der Waals surface area contributed by atoms with E-state index in [2.05, 4.69) is 10.2 Å². The monoisotopic (exact) mass is 316 g/mol. The van der Waals surface area contributed by atoms with Gasteiger partial charge in [-0.25, -0.2) is 0 Å². The summed E-state index contributed by atoms with van der Waals surface area (Å²) in [4.78, 5) is 24.4. The highest BCUT2D eigenvalue weighted by molar-refractivity contribution is 5.79. The second kappa shape index (κ2) is 7.09. The number of nitrogens with zero attached hydrogens (tertiary/aromatic N) is 3. The number of carbonyl (C=O) groups is 1. The van der Waals surface area contributed by atoms with E-state index in [1.807, 2.05) is 19.9 Å². The Morgan fingerprint density at radius 2 is 2.09 bits per heavy atom. The molecule has 1 N–H and O–H groups in total. The van der Waals surface area contributed by atoms with Crippen LogP contribution < -0.4 is 10.2 Å². The molecule has 0 bridgehead atoms. The van der Waals surface area contributed by atoms with E-state index in [0.717, 1.165) is 18.5 Å². The number of amides is 1. The second-order valence-electron chi connectivity index (χ2n) is 5.99. The van der Waals surface area contributed by atoms with E-state index < -0.39 is 4.92 Å². The Hall–Kier alpha value is -2.62. The highest BCUT2D eigenvalue weighted by Crippen LogP contribution is 2.28. The van der Waals surface area contributed by atoms with Crippen molar-refractivity contribution in [3.63, 3.8) is 0 Å². The number of nitrogens with one attached hydrogen (secondary N) is 1. The molecule has 1 aromatic rings. The summed E-state index contributed by atoms with van der Waals surface area (Å²) in [5.74, 6) is 0.0863. The first-order valence-corrected chi connectivity index (χ1v) is 7.66. The van der Waals surface area contributed by atoms with Crippen molar-refractivity contribution < 1.29 is 9.72 Å². The lowest BCUT2D eigenvalue weighted by atomic mass is 9.95. The van der Waals surface area contributed by atoms with Crippen LogP contribution in [-0.4, -0.2) is 30.0 Å². The molecule has 0 unspecified atom stereocenters. The van der Waals surface area contributed by atoms with E-state index in [4.69, 9.17) is 5.26 Å². The Labute approximate surface area is 135 Å². The SMILES string of the molecule is CC(C)NC(=O)C1CCN(c2ccc([N+](=O)[O-])c(C#N)c2)CC1. The third-order valence-electron chi connectivity index (χ3n) is 3.96. The number of nitro benzene ring substituents is 1. The van der Waals surface area contributed by atoms with Crippen LogP contribution in [0.3, 0.4) is 0 Å². The first-order chi connectivity index (χ1) is 10.9. The molecule has 0 aromatic heterocycles. The largest absolute Gasteiger partial charge is 0.371 e. The Kier molecular flexibility index (Phi) is 5.16. The lowest BCUT2D eigenvalue weighted by Gasteiger charge is -2.33. The highest BCUT2D eigenvalue weighted by atomic mass is 16.6. The van der Waals surface area contributed by atoms with Crippen molar-refractivity contribution >= 4 is 17.3 Å². The van der Waals surface area contributed by atoms with Crippen LogP contribution in [0, 0.1) is 27.4 Å². The average molecular weight is 316 g/mol. The number of hydrogen-bond acceptors (Lipinski definition) is 5. The number of carbonyl (C=O) groups excluding carboxylic acids is 1. The number of nitro groups is 1. The van der Waals surface area contributed by atoms with Gasteiger partial charge in [0.25, 0.3) is 5.69 Å². The number of nitriles is 1. The quantitative estimate of drug-likeness (QED) is 0.678. The summed E-state index contributed by atoms with van der Waals surface area (Å²) in [6.07, 6.45) is 1.47. The molecule has 1 fully saturated rings. The zero-order valence-electron chi connectivity index (χ0n) is 13.3. The molecule has 7 heteroatoms. The molecule has 7 nitrogen and oxygen atoms in total. The summed E-state index contributed by atoms with van der Waals surface area (Å²) in [5, 5.41) is 22.9.